The Labute approximate surface area is 249 Å². The normalized spacial score (nSPS) is 20.9. The fourth-order valence-electron chi connectivity index (χ4n) is 5.91. The number of nitrogens with one attached hydrogen (secondary N) is 1. The molecule has 2 N–H and O–H groups in total. The number of aromatic nitrogens is 1. The largest absolute Gasteiger partial charge is 0.490 e. The van der Waals surface area contributed by atoms with Crippen molar-refractivity contribution in [3.8, 4) is 11.5 Å². The van der Waals surface area contributed by atoms with Gasteiger partial charge in [0, 0.05) is 38.2 Å². The van der Waals surface area contributed by atoms with Gasteiger partial charge in [0.2, 0.25) is 11.3 Å². The number of hydrogen-bond donors (Lipinski definition) is 2. The van der Waals surface area contributed by atoms with E-state index in [1.165, 1.54) is 30.2 Å². The van der Waals surface area contributed by atoms with Crippen molar-refractivity contribution in [1.29, 1.82) is 0 Å². The van der Waals surface area contributed by atoms with E-state index in [1.54, 1.807) is 15.5 Å². The van der Waals surface area contributed by atoms with Crippen LogP contribution in [0.3, 0.4) is 0 Å². The number of pyridine rings is 1. The van der Waals surface area contributed by atoms with Gasteiger partial charge in [0.05, 0.1) is 42.3 Å². The van der Waals surface area contributed by atoms with Gasteiger partial charge in [0.15, 0.2) is 23.1 Å². The second-order valence-corrected chi connectivity index (χ2v) is 11.3. The molecular formula is C30H30F2N4O8. The molecule has 0 saturated carbocycles. The Bertz CT molecular complexity index is 1740. The first-order chi connectivity index (χ1) is 21.0. The number of carboxylic acids is 1. The summed E-state index contributed by atoms with van der Waals surface area (Å²) in [5, 5.41) is 12.0. The van der Waals surface area contributed by atoms with Gasteiger partial charge >= 0.3 is 12.1 Å². The van der Waals surface area contributed by atoms with E-state index in [9.17, 15) is 28.7 Å². The highest BCUT2D eigenvalue weighted by atomic mass is 19.1. The van der Waals surface area contributed by atoms with Gasteiger partial charge in [-0.2, -0.15) is 0 Å². The number of benzene rings is 2. The first-order valence-corrected chi connectivity index (χ1v) is 14.2. The molecule has 0 bridgehead atoms. The zero-order chi connectivity index (χ0) is 31.3. The number of rotatable bonds is 8. The van der Waals surface area contributed by atoms with Crippen LogP contribution in [0.25, 0.3) is 10.9 Å². The van der Waals surface area contributed by atoms with Gasteiger partial charge in [0.25, 0.3) is 0 Å². The van der Waals surface area contributed by atoms with Gasteiger partial charge in [0.1, 0.15) is 24.0 Å². The van der Waals surface area contributed by atoms with Crippen LogP contribution in [-0.2, 0) is 9.53 Å². The van der Waals surface area contributed by atoms with E-state index in [1.807, 2.05) is 6.92 Å². The van der Waals surface area contributed by atoms with Crippen molar-refractivity contribution in [3.63, 3.8) is 0 Å². The molecule has 14 heteroatoms. The molecule has 12 nitrogen and oxygen atoms in total. The number of nitrogens with zero attached hydrogens (tertiary/aromatic N) is 3. The summed E-state index contributed by atoms with van der Waals surface area (Å²) in [6, 6.07) is 4.95. The first-order valence-electron chi connectivity index (χ1n) is 14.2. The van der Waals surface area contributed by atoms with Crippen LogP contribution < -0.4 is 30.0 Å². The minimum atomic E-state index is -1.38. The third-order valence-electron chi connectivity index (χ3n) is 8.13. The van der Waals surface area contributed by atoms with Crippen molar-refractivity contribution >= 4 is 40.2 Å². The Morgan fingerprint density at radius 2 is 1.95 bits per heavy atom. The van der Waals surface area contributed by atoms with Crippen molar-refractivity contribution in [2.24, 2.45) is 5.92 Å². The number of halogens is 2. The standard InChI is InChI=1S/C30H30F2N4O8/c1-15-13-43-28-25-20(27(38)21(29(39)40)12-35(15)25)8-23(32)26(28)34-6-5-17(10-34)14-42-24-4-3-18(7-22(24)31)36-11-19(44-30(36)41)9-33-16(2)37/h3-4,7-8,12,15,17,19H,5-6,9-11,13-14H2,1-2H3,(H,33,37)(H,39,40). The van der Waals surface area contributed by atoms with Crippen LogP contribution in [0.15, 0.2) is 35.3 Å². The fourth-order valence-corrected chi connectivity index (χ4v) is 5.91. The summed E-state index contributed by atoms with van der Waals surface area (Å²) < 4.78 is 49.1. The van der Waals surface area contributed by atoms with Crippen LogP contribution in [-0.4, -0.2) is 73.1 Å². The summed E-state index contributed by atoms with van der Waals surface area (Å²) in [4.78, 5) is 51.0. The van der Waals surface area contributed by atoms with Crippen molar-refractivity contribution in [1.82, 2.24) is 9.88 Å². The molecule has 0 radical (unpaired) electrons. The zero-order valence-electron chi connectivity index (χ0n) is 24.0. The lowest BCUT2D eigenvalue weighted by atomic mass is 10.1. The molecule has 4 heterocycles. The summed E-state index contributed by atoms with van der Waals surface area (Å²) in [7, 11) is 0. The molecule has 0 aliphatic carbocycles. The van der Waals surface area contributed by atoms with E-state index < -0.39 is 40.8 Å². The predicted octanol–water partition coefficient (Wildman–Crippen LogP) is 3.30. The highest BCUT2D eigenvalue weighted by molar-refractivity contribution is 5.97. The van der Waals surface area contributed by atoms with E-state index in [4.69, 9.17) is 14.2 Å². The number of hydrogen-bond acceptors (Lipinski definition) is 8. The van der Waals surface area contributed by atoms with Gasteiger partial charge in [-0.1, -0.05) is 0 Å². The van der Waals surface area contributed by atoms with Gasteiger partial charge in [-0.15, -0.1) is 0 Å². The summed E-state index contributed by atoms with van der Waals surface area (Å²) in [5.74, 6) is -2.90. The molecule has 3 aromatic rings. The van der Waals surface area contributed by atoms with E-state index in [0.717, 1.165) is 6.07 Å². The van der Waals surface area contributed by atoms with E-state index in [-0.39, 0.29) is 66.7 Å². The molecule has 2 aromatic carbocycles. The molecule has 3 atom stereocenters. The third kappa shape index (κ3) is 5.24. The zero-order valence-corrected chi connectivity index (χ0v) is 24.0. The lowest BCUT2D eigenvalue weighted by Crippen LogP contribution is -2.33. The van der Waals surface area contributed by atoms with Crippen LogP contribution in [0.5, 0.6) is 11.5 Å². The average molecular weight is 613 g/mol. The number of carbonyl (C=O) groups excluding carboxylic acids is 2. The van der Waals surface area contributed by atoms with E-state index in [2.05, 4.69) is 5.32 Å². The fraction of sp³-hybridized carbons (Fsp3) is 0.400. The number of aromatic carboxylic acids is 1. The Balaban J connectivity index is 1.15. The molecule has 2 fully saturated rings. The monoisotopic (exact) mass is 612 g/mol. The van der Waals surface area contributed by atoms with Gasteiger partial charge in [-0.3, -0.25) is 14.5 Å². The predicted molar refractivity (Wildman–Crippen MR) is 154 cm³/mol. The first kappa shape index (κ1) is 29.2. The van der Waals surface area contributed by atoms with E-state index in [0.29, 0.717) is 30.7 Å². The Kier molecular flexibility index (Phi) is 7.51. The van der Waals surface area contributed by atoms with Crippen molar-refractivity contribution in [2.45, 2.75) is 32.4 Å². The minimum Gasteiger partial charge on any atom is -0.490 e. The molecular weight excluding hydrogens is 582 g/mol. The highest BCUT2D eigenvalue weighted by Crippen LogP contribution is 2.43. The molecule has 232 valence electrons. The van der Waals surface area contributed by atoms with Crippen LogP contribution in [0, 0.1) is 17.6 Å². The number of amides is 2. The Morgan fingerprint density at radius 3 is 2.68 bits per heavy atom. The summed E-state index contributed by atoms with van der Waals surface area (Å²) in [6.45, 7) is 4.63. The molecule has 44 heavy (non-hydrogen) atoms. The van der Waals surface area contributed by atoms with Gasteiger partial charge in [-0.05, 0) is 31.5 Å². The van der Waals surface area contributed by atoms with Gasteiger partial charge in [-0.25, -0.2) is 18.4 Å². The molecule has 3 aliphatic heterocycles. The molecule has 2 amide bonds. The molecule has 2 saturated heterocycles. The van der Waals surface area contributed by atoms with Gasteiger partial charge < -0.3 is 34.1 Å². The topological polar surface area (TPSA) is 140 Å². The number of ether oxygens (including phenoxy) is 3. The Hall–Kier alpha value is -4.88. The number of carbonyl (C=O) groups is 3. The summed E-state index contributed by atoms with van der Waals surface area (Å²) in [5.41, 5.74) is -0.385. The van der Waals surface area contributed by atoms with Crippen molar-refractivity contribution in [3.05, 3.63) is 57.9 Å². The molecule has 6 rings (SSSR count). The lowest BCUT2D eigenvalue weighted by Gasteiger charge is -2.31. The SMILES string of the molecule is CC(=O)NCC1CN(c2ccc(OCC3CCN(c4c(F)cc5c(=O)c(C(=O)O)cn6c5c4OCC6C)C3)c(F)c2)C(=O)O1. The summed E-state index contributed by atoms with van der Waals surface area (Å²) >= 11 is 0. The maximum Gasteiger partial charge on any atom is 0.414 e. The molecule has 3 aliphatic rings. The minimum absolute atomic E-state index is 0.00267. The number of cyclic esters (lactones) is 1. The van der Waals surface area contributed by atoms with Crippen LogP contribution in [0.4, 0.5) is 25.0 Å². The highest BCUT2D eigenvalue weighted by Gasteiger charge is 2.35. The number of anilines is 2. The second kappa shape index (κ2) is 11.3. The van der Waals surface area contributed by atoms with Crippen molar-refractivity contribution < 1.29 is 42.5 Å². The molecule has 0 spiro atoms. The van der Waals surface area contributed by atoms with Crippen LogP contribution >= 0.6 is 0 Å². The maximum absolute atomic E-state index is 15.6. The lowest BCUT2D eigenvalue weighted by molar-refractivity contribution is -0.119. The molecule has 1 aromatic heterocycles. The second-order valence-electron chi connectivity index (χ2n) is 11.3. The van der Waals surface area contributed by atoms with E-state index >= 15 is 4.39 Å². The van der Waals surface area contributed by atoms with Crippen LogP contribution in [0.1, 0.15) is 36.7 Å². The van der Waals surface area contributed by atoms with Crippen LogP contribution in [0.2, 0.25) is 0 Å². The Morgan fingerprint density at radius 1 is 1.16 bits per heavy atom. The maximum atomic E-state index is 15.6. The quantitative estimate of drug-likeness (QED) is 0.392. The smallest absolute Gasteiger partial charge is 0.414 e. The summed E-state index contributed by atoms with van der Waals surface area (Å²) in [6.07, 6.45) is 0.703. The van der Waals surface area contributed by atoms with Crippen molar-refractivity contribution in [2.75, 3.05) is 49.2 Å². The average Bonchev–Trinajstić information content (AvgIpc) is 3.60. The third-order valence-corrected chi connectivity index (χ3v) is 8.13. The number of carboxylic acid groups (broad SMARTS) is 1. The molecule has 3 unspecified atom stereocenters.